The normalized spacial score (nSPS) is 10.4. The van der Waals surface area contributed by atoms with Gasteiger partial charge in [-0.1, -0.05) is 18.2 Å². The number of nitrogens with one attached hydrogen (secondary N) is 1. The lowest BCUT2D eigenvalue weighted by atomic mass is 10.1. The Morgan fingerprint density at radius 2 is 1.92 bits per heavy atom. The number of rotatable bonds is 6. The summed E-state index contributed by atoms with van der Waals surface area (Å²) in [6.07, 6.45) is 0. The molecule has 0 saturated carbocycles. The number of benzene rings is 1. The van der Waals surface area contributed by atoms with E-state index in [2.05, 4.69) is 10.4 Å². The molecule has 0 spiro atoms. The van der Waals surface area contributed by atoms with E-state index in [-0.39, 0.29) is 12.1 Å². The van der Waals surface area contributed by atoms with Crippen LogP contribution in [0.2, 0.25) is 0 Å². The van der Waals surface area contributed by atoms with Gasteiger partial charge in [-0.2, -0.15) is 5.10 Å². The minimum Gasteiger partial charge on any atom is -0.450 e. The molecule has 132 valence electrons. The zero-order valence-corrected chi connectivity index (χ0v) is 14.1. The number of amides is 1. The Hall–Kier alpha value is -3.03. The van der Waals surface area contributed by atoms with Crippen molar-refractivity contribution in [2.45, 2.75) is 20.4 Å². The fraction of sp³-hybridized carbons (Fsp3) is 0.294. The molecule has 0 bridgehead atoms. The lowest BCUT2D eigenvalue weighted by Crippen LogP contribution is -2.30. The smallest absolute Gasteiger partial charge is 0.380 e. The van der Waals surface area contributed by atoms with Gasteiger partial charge in [0.05, 0.1) is 11.3 Å². The molecule has 0 saturated heterocycles. The molecule has 1 N–H and O–H groups in total. The van der Waals surface area contributed by atoms with Gasteiger partial charge in [-0.05, 0) is 19.9 Å². The SMILES string of the molecule is Cc1nn(C)c(C)c1C(=O)C(=O)OCC(=O)NCc1ccccc1F. The zero-order valence-electron chi connectivity index (χ0n) is 14.1. The first-order chi connectivity index (χ1) is 11.8. The van der Waals surface area contributed by atoms with E-state index in [0.29, 0.717) is 17.0 Å². The highest BCUT2D eigenvalue weighted by molar-refractivity contribution is 6.41. The quantitative estimate of drug-likeness (QED) is 0.482. The minimum absolute atomic E-state index is 0.0438. The monoisotopic (exact) mass is 347 g/mol. The number of ether oxygens (including phenoxy) is 1. The Kier molecular flexibility index (Phi) is 5.63. The van der Waals surface area contributed by atoms with E-state index < -0.39 is 30.1 Å². The second-order valence-corrected chi connectivity index (χ2v) is 5.44. The number of ketones is 1. The molecule has 2 aromatic rings. The van der Waals surface area contributed by atoms with E-state index in [9.17, 15) is 18.8 Å². The Morgan fingerprint density at radius 1 is 1.24 bits per heavy atom. The van der Waals surface area contributed by atoms with Crippen molar-refractivity contribution >= 4 is 17.7 Å². The number of carbonyl (C=O) groups excluding carboxylic acids is 3. The number of halogens is 1. The zero-order chi connectivity index (χ0) is 18.6. The summed E-state index contributed by atoms with van der Waals surface area (Å²) in [4.78, 5) is 35.7. The van der Waals surface area contributed by atoms with Gasteiger partial charge in [0.1, 0.15) is 5.82 Å². The number of hydrogen-bond donors (Lipinski definition) is 1. The van der Waals surface area contributed by atoms with Crippen molar-refractivity contribution < 1.29 is 23.5 Å². The number of hydrogen-bond acceptors (Lipinski definition) is 5. The molecule has 0 atom stereocenters. The van der Waals surface area contributed by atoms with E-state index in [4.69, 9.17) is 4.74 Å². The summed E-state index contributed by atoms with van der Waals surface area (Å²) in [6.45, 7) is 2.59. The first kappa shape index (κ1) is 18.3. The van der Waals surface area contributed by atoms with Crippen LogP contribution in [-0.4, -0.2) is 34.0 Å². The average molecular weight is 347 g/mol. The first-order valence-corrected chi connectivity index (χ1v) is 7.53. The summed E-state index contributed by atoms with van der Waals surface area (Å²) in [6, 6.07) is 5.98. The fourth-order valence-electron chi connectivity index (χ4n) is 2.29. The van der Waals surface area contributed by atoms with Crippen LogP contribution in [0.25, 0.3) is 0 Å². The van der Waals surface area contributed by atoms with Crippen molar-refractivity contribution in [1.29, 1.82) is 0 Å². The minimum atomic E-state index is -1.14. The van der Waals surface area contributed by atoms with Crippen molar-refractivity contribution in [2.24, 2.45) is 7.05 Å². The lowest BCUT2D eigenvalue weighted by Gasteiger charge is -2.07. The molecule has 8 heteroatoms. The highest BCUT2D eigenvalue weighted by Crippen LogP contribution is 2.13. The molecular weight excluding hydrogens is 329 g/mol. The van der Waals surface area contributed by atoms with E-state index in [1.165, 1.54) is 22.9 Å². The predicted octanol–water partition coefficient (Wildman–Crippen LogP) is 1.22. The molecule has 0 aliphatic carbocycles. The van der Waals surface area contributed by atoms with Crippen molar-refractivity contribution in [1.82, 2.24) is 15.1 Å². The molecule has 7 nitrogen and oxygen atoms in total. The van der Waals surface area contributed by atoms with Gasteiger partial charge in [-0.15, -0.1) is 0 Å². The summed E-state index contributed by atoms with van der Waals surface area (Å²) in [7, 11) is 1.65. The van der Waals surface area contributed by atoms with Crippen LogP contribution in [0.3, 0.4) is 0 Å². The van der Waals surface area contributed by atoms with Gasteiger partial charge in [-0.3, -0.25) is 14.3 Å². The molecule has 25 heavy (non-hydrogen) atoms. The molecular formula is C17H18FN3O4. The van der Waals surface area contributed by atoms with Gasteiger partial charge in [0, 0.05) is 24.8 Å². The van der Waals surface area contributed by atoms with Crippen LogP contribution in [0.15, 0.2) is 24.3 Å². The molecule has 0 unspecified atom stereocenters. The van der Waals surface area contributed by atoms with Crippen LogP contribution in [0.5, 0.6) is 0 Å². The third kappa shape index (κ3) is 4.28. The van der Waals surface area contributed by atoms with Gasteiger partial charge in [-0.25, -0.2) is 9.18 Å². The van der Waals surface area contributed by atoms with Gasteiger partial charge in [0.15, 0.2) is 6.61 Å². The van der Waals surface area contributed by atoms with Crippen LogP contribution in [0, 0.1) is 19.7 Å². The number of carbonyl (C=O) groups is 3. The fourth-order valence-corrected chi connectivity index (χ4v) is 2.29. The summed E-state index contributed by atoms with van der Waals surface area (Å²) >= 11 is 0. The first-order valence-electron chi connectivity index (χ1n) is 7.53. The molecule has 1 amide bonds. The predicted molar refractivity (Wildman–Crippen MR) is 86.2 cm³/mol. The third-order valence-electron chi connectivity index (χ3n) is 3.69. The van der Waals surface area contributed by atoms with E-state index in [0.717, 1.165) is 0 Å². The molecule has 0 aliphatic heterocycles. The van der Waals surface area contributed by atoms with Crippen molar-refractivity contribution in [3.8, 4) is 0 Å². The van der Waals surface area contributed by atoms with Crippen LogP contribution >= 0.6 is 0 Å². The largest absolute Gasteiger partial charge is 0.450 e. The van der Waals surface area contributed by atoms with Crippen LogP contribution < -0.4 is 5.32 Å². The van der Waals surface area contributed by atoms with E-state index in [1.807, 2.05) is 0 Å². The van der Waals surface area contributed by atoms with Crippen LogP contribution in [-0.2, 0) is 27.9 Å². The summed E-state index contributed by atoms with van der Waals surface area (Å²) in [5.41, 5.74) is 1.41. The highest BCUT2D eigenvalue weighted by atomic mass is 19.1. The van der Waals surface area contributed by atoms with Crippen LogP contribution in [0.4, 0.5) is 4.39 Å². The second-order valence-electron chi connectivity index (χ2n) is 5.44. The number of aryl methyl sites for hydroxylation is 2. The average Bonchev–Trinajstić information content (AvgIpc) is 2.83. The highest BCUT2D eigenvalue weighted by Gasteiger charge is 2.25. The summed E-state index contributed by atoms with van der Waals surface area (Å²) in [5.74, 6) is -3.08. The lowest BCUT2D eigenvalue weighted by molar-refractivity contribution is -0.144. The Balaban J connectivity index is 1.88. The van der Waals surface area contributed by atoms with Crippen molar-refractivity contribution in [3.63, 3.8) is 0 Å². The van der Waals surface area contributed by atoms with Gasteiger partial charge < -0.3 is 10.1 Å². The molecule has 0 fully saturated rings. The Bertz CT molecular complexity index is 829. The maximum Gasteiger partial charge on any atom is 0.380 e. The second kappa shape index (κ2) is 7.69. The van der Waals surface area contributed by atoms with Gasteiger partial charge >= 0.3 is 5.97 Å². The third-order valence-corrected chi connectivity index (χ3v) is 3.69. The molecule has 1 heterocycles. The van der Waals surface area contributed by atoms with Crippen molar-refractivity contribution in [2.75, 3.05) is 6.61 Å². The van der Waals surface area contributed by atoms with Gasteiger partial charge in [0.25, 0.3) is 11.7 Å². The summed E-state index contributed by atoms with van der Waals surface area (Å²) < 4.78 is 19.6. The topological polar surface area (TPSA) is 90.3 Å². The number of Topliss-reactive ketones (excluding diaryl/α,β-unsaturated/α-hetero) is 1. The molecule has 1 aromatic heterocycles. The van der Waals surface area contributed by atoms with Gasteiger partial charge in [0.2, 0.25) is 0 Å². The van der Waals surface area contributed by atoms with Crippen molar-refractivity contribution in [3.05, 3.63) is 52.6 Å². The molecule has 0 radical (unpaired) electrons. The number of nitrogens with zero attached hydrogens (tertiary/aromatic N) is 2. The maximum atomic E-state index is 13.4. The molecule has 2 rings (SSSR count). The summed E-state index contributed by atoms with van der Waals surface area (Å²) in [5, 5.41) is 6.47. The Morgan fingerprint density at radius 3 is 2.52 bits per heavy atom. The van der Waals surface area contributed by atoms with Crippen LogP contribution in [0.1, 0.15) is 27.3 Å². The van der Waals surface area contributed by atoms with E-state index >= 15 is 0 Å². The molecule has 0 aliphatic rings. The number of aromatic nitrogens is 2. The Labute approximate surface area is 143 Å². The standard InChI is InChI=1S/C17H18FN3O4/c1-10-15(11(2)21(3)20-10)16(23)17(24)25-9-14(22)19-8-12-6-4-5-7-13(12)18/h4-7H,8-9H2,1-3H3,(H,19,22). The van der Waals surface area contributed by atoms with E-state index in [1.54, 1.807) is 27.0 Å². The number of esters is 1. The molecule has 1 aromatic carbocycles. The maximum absolute atomic E-state index is 13.4.